The maximum absolute atomic E-state index is 11.7. The first-order chi connectivity index (χ1) is 10.3. The minimum atomic E-state index is -0.758. The molecule has 2 saturated heterocycles. The van der Waals surface area contributed by atoms with Crippen LogP contribution in [0.2, 0.25) is 0 Å². The van der Waals surface area contributed by atoms with Crippen LogP contribution in [0.1, 0.15) is 5.56 Å². The monoisotopic (exact) mass is 292 g/mol. The molecule has 112 valence electrons. The fraction of sp³-hybridized carbons (Fsp3) is 0.467. The molecular formula is C15H16O6. The maximum Gasteiger partial charge on any atom is 0.509 e. The van der Waals surface area contributed by atoms with Crippen molar-refractivity contribution >= 4 is 12.4 Å². The molecule has 0 spiro atoms. The Morgan fingerprint density at radius 1 is 1.19 bits per heavy atom. The van der Waals surface area contributed by atoms with E-state index in [4.69, 9.17) is 18.9 Å². The molecule has 6 heteroatoms. The molecule has 0 aliphatic carbocycles. The largest absolute Gasteiger partial charge is 0.509 e. The van der Waals surface area contributed by atoms with Crippen LogP contribution >= 0.6 is 0 Å². The van der Waals surface area contributed by atoms with E-state index in [2.05, 4.69) is 0 Å². The van der Waals surface area contributed by atoms with E-state index in [0.29, 0.717) is 6.61 Å². The molecule has 1 aromatic carbocycles. The second-order valence-electron chi connectivity index (χ2n) is 5.08. The minimum absolute atomic E-state index is 0.152. The predicted octanol–water partition coefficient (Wildman–Crippen LogP) is 1.32. The number of aldehydes is 1. The summed E-state index contributed by atoms with van der Waals surface area (Å²) in [6.45, 7) is 0.678. The third-order valence-electron chi connectivity index (χ3n) is 3.67. The van der Waals surface area contributed by atoms with E-state index >= 15 is 0 Å². The topological polar surface area (TPSA) is 71.1 Å². The van der Waals surface area contributed by atoms with Crippen LogP contribution < -0.4 is 0 Å². The molecule has 1 aromatic rings. The van der Waals surface area contributed by atoms with Gasteiger partial charge in [0.1, 0.15) is 19.0 Å². The van der Waals surface area contributed by atoms with Gasteiger partial charge in [0.25, 0.3) is 0 Å². The van der Waals surface area contributed by atoms with Gasteiger partial charge in [-0.15, -0.1) is 0 Å². The van der Waals surface area contributed by atoms with Crippen molar-refractivity contribution < 1.29 is 28.5 Å². The zero-order valence-electron chi connectivity index (χ0n) is 11.3. The van der Waals surface area contributed by atoms with Crippen LogP contribution in [0.3, 0.4) is 0 Å². The van der Waals surface area contributed by atoms with Crippen molar-refractivity contribution in [2.24, 2.45) is 5.92 Å². The summed E-state index contributed by atoms with van der Waals surface area (Å²) in [5.74, 6) is -0.288. The Morgan fingerprint density at radius 2 is 1.95 bits per heavy atom. The summed E-state index contributed by atoms with van der Waals surface area (Å²) in [4.78, 5) is 22.5. The maximum atomic E-state index is 11.7. The number of carbonyl (C=O) groups is 2. The van der Waals surface area contributed by atoms with E-state index in [9.17, 15) is 9.59 Å². The second-order valence-corrected chi connectivity index (χ2v) is 5.08. The van der Waals surface area contributed by atoms with E-state index in [-0.39, 0.29) is 31.3 Å². The van der Waals surface area contributed by atoms with Crippen molar-refractivity contribution in [3.8, 4) is 0 Å². The molecule has 2 heterocycles. The Morgan fingerprint density at radius 3 is 2.71 bits per heavy atom. The molecule has 4 atom stereocenters. The molecule has 0 unspecified atom stereocenters. The average molecular weight is 292 g/mol. The Kier molecular flexibility index (Phi) is 4.17. The molecule has 0 radical (unpaired) electrons. The highest BCUT2D eigenvalue weighted by Gasteiger charge is 2.49. The van der Waals surface area contributed by atoms with Crippen molar-refractivity contribution in [3.63, 3.8) is 0 Å². The molecule has 0 saturated carbocycles. The normalized spacial score (nSPS) is 30.7. The fourth-order valence-corrected chi connectivity index (χ4v) is 2.59. The van der Waals surface area contributed by atoms with Gasteiger partial charge < -0.3 is 23.7 Å². The Labute approximate surface area is 121 Å². The van der Waals surface area contributed by atoms with Gasteiger partial charge in [-0.2, -0.15) is 0 Å². The second kappa shape index (κ2) is 6.24. The molecule has 0 bridgehead atoms. The summed E-state index contributed by atoms with van der Waals surface area (Å²) in [6.07, 6.45) is -1.17. The lowest BCUT2D eigenvalue weighted by atomic mass is 10.0. The number of hydrogen-bond acceptors (Lipinski definition) is 6. The van der Waals surface area contributed by atoms with Gasteiger partial charge in [-0.05, 0) is 5.56 Å². The van der Waals surface area contributed by atoms with Gasteiger partial charge in [-0.1, -0.05) is 30.3 Å². The number of ether oxygens (including phenoxy) is 4. The Balaban J connectivity index is 1.48. The van der Waals surface area contributed by atoms with E-state index in [1.54, 1.807) is 0 Å². The summed E-state index contributed by atoms with van der Waals surface area (Å²) in [5, 5.41) is 0. The van der Waals surface area contributed by atoms with Gasteiger partial charge in [0.15, 0.2) is 6.10 Å². The number of benzene rings is 1. The quantitative estimate of drug-likeness (QED) is 0.615. The van der Waals surface area contributed by atoms with Crippen molar-refractivity contribution in [1.82, 2.24) is 0 Å². The van der Waals surface area contributed by atoms with E-state index in [1.165, 1.54) is 0 Å². The number of rotatable bonds is 4. The highest BCUT2D eigenvalue weighted by Crippen LogP contribution is 2.31. The summed E-state index contributed by atoms with van der Waals surface area (Å²) in [5.41, 5.74) is 0.883. The Hall–Kier alpha value is -1.92. The first-order valence-corrected chi connectivity index (χ1v) is 6.84. The number of hydrogen-bond donors (Lipinski definition) is 0. The van der Waals surface area contributed by atoms with Crippen LogP contribution in [0.25, 0.3) is 0 Å². The molecule has 2 fully saturated rings. The van der Waals surface area contributed by atoms with Crippen molar-refractivity contribution in [3.05, 3.63) is 35.9 Å². The van der Waals surface area contributed by atoms with Crippen molar-refractivity contribution in [2.45, 2.75) is 24.9 Å². The predicted molar refractivity (Wildman–Crippen MR) is 70.5 cm³/mol. The zero-order chi connectivity index (χ0) is 14.7. The molecular weight excluding hydrogens is 276 g/mol. The summed E-state index contributed by atoms with van der Waals surface area (Å²) >= 11 is 0. The molecule has 3 rings (SSSR count). The lowest BCUT2D eigenvalue weighted by Gasteiger charge is -2.16. The fourth-order valence-electron chi connectivity index (χ4n) is 2.59. The standard InChI is InChI=1S/C15H16O6/c16-6-11-8-18-14-12(9-19-13(11)14)21-15(17)20-7-10-4-2-1-3-5-10/h1-6,11-14H,7-9H2/t11-,12-,13+,14+/m1/s1. The van der Waals surface area contributed by atoms with Gasteiger partial charge in [0.05, 0.1) is 25.2 Å². The van der Waals surface area contributed by atoms with Gasteiger partial charge in [0.2, 0.25) is 0 Å². The third kappa shape index (κ3) is 3.06. The zero-order valence-corrected chi connectivity index (χ0v) is 11.3. The van der Waals surface area contributed by atoms with Crippen LogP contribution in [0.5, 0.6) is 0 Å². The van der Waals surface area contributed by atoms with Gasteiger partial charge in [-0.25, -0.2) is 4.79 Å². The van der Waals surface area contributed by atoms with Crippen LogP contribution in [-0.4, -0.2) is 44.0 Å². The number of fused-ring (bicyclic) bond motifs is 1. The highest BCUT2D eigenvalue weighted by atomic mass is 16.7. The molecule has 0 amide bonds. The molecule has 2 aliphatic rings. The van der Waals surface area contributed by atoms with E-state index in [0.717, 1.165) is 11.8 Å². The van der Waals surface area contributed by atoms with Gasteiger partial charge in [0, 0.05) is 0 Å². The third-order valence-corrected chi connectivity index (χ3v) is 3.67. The van der Waals surface area contributed by atoms with Crippen molar-refractivity contribution in [1.29, 1.82) is 0 Å². The Bertz CT molecular complexity index is 502. The summed E-state index contributed by atoms with van der Waals surface area (Å²) in [6, 6.07) is 9.34. The van der Waals surface area contributed by atoms with E-state index in [1.807, 2.05) is 30.3 Å². The molecule has 6 nitrogen and oxygen atoms in total. The average Bonchev–Trinajstić information content (AvgIpc) is 3.09. The van der Waals surface area contributed by atoms with Crippen LogP contribution in [-0.2, 0) is 30.3 Å². The van der Waals surface area contributed by atoms with Crippen LogP contribution in [0.15, 0.2) is 30.3 Å². The molecule has 0 N–H and O–H groups in total. The van der Waals surface area contributed by atoms with Crippen molar-refractivity contribution in [2.75, 3.05) is 13.2 Å². The smallest absolute Gasteiger partial charge is 0.429 e. The van der Waals surface area contributed by atoms with Crippen LogP contribution in [0, 0.1) is 5.92 Å². The van der Waals surface area contributed by atoms with Gasteiger partial charge >= 0.3 is 6.16 Å². The summed E-state index contributed by atoms with van der Waals surface area (Å²) < 4.78 is 21.2. The molecule has 0 aromatic heterocycles. The van der Waals surface area contributed by atoms with Gasteiger partial charge in [-0.3, -0.25) is 0 Å². The first kappa shape index (κ1) is 14.0. The molecule has 2 aliphatic heterocycles. The lowest BCUT2D eigenvalue weighted by Crippen LogP contribution is -2.33. The lowest BCUT2D eigenvalue weighted by molar-refractivity contribution is -0.113. The van der Waals surface area contributed by atoms with Crippen LogP contribution in [0.4, 0.5) is 4.79 Å². The SMILES string of the molecule is O=C[C@@H]1CO[C@@H]2[C@H]1OC[C@H]2OC(=O)OCc1ccccc1. The highest BCUT2D eigenvalue weighted by molar-refractivity contribution is 5.60. The number of carbonyl (C=O) groups excluding carboxylic acids is 2. The molecule has 21 heavy (non-hydrogen) atoms. The minimum Gasteiger partial charge on any atom is -0.429 e. The van der Waals surface area contributed by atoms with E-state index < -0.39 is 12.3 Å². The summed E-state index contributed by atoms with van der Waals surface area (Å²) in [7, 11) is 0. The first-order valence-electron chi connectivity index (χ1n) is 6.84.